The molecule has 0 aliphatic carbocycles. The van der Waals surface area contributed by atoms with Crippen molar-refractivity contribution < 1.29 is 19.1 Å². The second-order valence-corrected chi connectivity index (χ2v) is 8.26. The van der Waals surface area contributed by atoms with E-state index in [9.17, 15) is 9.59 Å². The highest BCUT2D eigenvalue weighted by Crippen LogP contribution is 2.39. The van der Waals surface area contributed by atoms with E-state index in [1.54, 1.807) is 7.11 Å². The fourth-order valence-electron chi connectivity index (χ4n) is 4.59. The van der Waals surface area contributed by atoms with Crippen molar-refractivity contribution in [3.63, 3.8) is 0 Å². The Morgan fingerprint density at radius 2 is 1.77 bits per heavy atom. The molecule has 0 aromatic heterocycles. The molecule has 164 valence electrons. The van der Waals surface area contributed by atoms with Gasteiger partial charge in [-0.1, -0.05) is 24.3 Å². The molecule has 1 saturated heterocycles. The van der Waals surface area contributed by atoms with Gasteiger partial charge >= 0.3 is 0 Å². The molecule has 0 atom stereocenters. The van der Waals surface area contributed by atoms with Gasteiger partial charge in [0, 0.05) is 25.6 Å². The van der Waals surface area contributed by atoms with E-state index in [2.05, 4.69) is 13.0 Å². The Hall–Kier alpha value is -3.02. The maximum atomic E-state index is 13.4. The zero-order chi connectivity index (χ0) is 21.8. The number of carbonyl (C=O) groups is 2. The number of ether oxygens (including phenoxy) is 2. The zero-order valence-corrected chi connectivity index (χ0v) is 18.3. The van der Waals surface area contributed by atoms with Crippen LogP contribution in [0.2, 0.25) is 0 Å². The highest BCUT2D eigenvalue weighted by Gasteiger charge is 2.34. The van der Waals surface area contributed by atoms with Gasteiger partial charge in [0.05, 0.1) is 12.8 Å². The first kappa shape index (κ1) is 21.2. The summed E-state index contributed by atoms with van der Waals surface area (Å²) < 4.78 is 11.2. The fraction of sp³-hybridized carbons (Fsp3) is 0.440. The molecule has 2 aliphatic heterocycles. The molecule has 2 heterocycles. The van der Waals surface area contributed by atoms with E-state index in [4.69, 9.17) is 9.47 Å². The van der Waals surface area contributed by atoms with E-state index in [-0.39, 0.29) is 24.3 Å². The van der Waals surface area contributed by atoms with Gasteiger partial charge in [0.25, 0.3) is 5.91 Å². The van der Waals surface area contributed by atoms with Gasteiger partial charge in [-0.3, -0.25) is 9.59 Å². The van der Waals surface area contributed by atoms with E-state index in [0.29, 0.717) is 31.7 Å². The first-order chi connectivity index (χ1) is 15.1. The van der Waals surface area contributed by atoms with Gasteiger partial charge in [0.2, 0.25) is 5.91 Å². The number of amides is 2. The van der Waals surface area contributed by atoms with Crippen LogP contribution in [-0.2, 0) is 16.0 Å². The second kappa shape index (κ2) is 9.41. The highest BCUT2D eigenvalue weighted by atomic mass is 16.5. The number of nitrogens with zero attached hydrogens (tertiary/aromatic N) is 2. The number of methoxy groups -OCH3 is 1. The minimum atomic E-state index is -0.0738. The monoisotopic (exact) mass is 422 g/mol. The molecule has 31 heavy (non-hydrogen) atoms. The van der Waals surface area contributed by atoms with Crippen LogP contribution in [0.25, 0.3) is 0 Å². The average Bonchev–Trinajstić information content (AvgIpc) is 2.83. The standard InChI is InChI=1S/C25H30N2O4/c1-18-10-11-22(30-2)24-21(18)9-6-14-27(24)25(29)19-12-15-26(16-13-19)23(28)17-31-20-7-4-3-5-8-20/h3-5,7-8,10-11,19H,6,9,12-17H2,1-2H3. The van der Waals surface area contributed by atoms with Crippen LogP contribution in [0.5, 0.6) is 11.5 Å². The minimum Gasteiger partial charge on any atom is -0.495 e. The molecule has 6 nitrogen and oxygen atoms in total. The Morgan fingerprint density at radius 3 is 2.48 bits per heavy atom. The van der Waals surface area contributed by atoms with Crippen LogP contribution in [0.3, 0.4) is 0 Å². The van der Waals surface area contributed by atoms with Crippen LogP contribution in [0.4, 0.5) is 5.69 Å². The van der Waals surface area contributed by atoms with E-state index in [1.165, 1.54) is 11.1 Å². The van der Waals surface area contributed by atoms with Gasteiger partial charge in [-0.15, -0.1) is 0 Å². The lowest BCUT2D eigenvalue weighted by atomic mass is 9.91. The summed E-state index contributed by atoms with van der Waals surface area (Å²) >= 11 is 0. The Bertz CT molecular complexity index is 936. The molecule has 0 radical (unpaired) electrons. The number of fused-ring (bicyclic) bond motifs is 1. The Kier molecular flexibility index (Phi) is 6.44. The molecule has 6 heteroatoms. The van der Waals surface area contributed by atoms with Gasteiger partial charge in [0.15, 0.2) is 6.61 Å². The van der Waals surface area contributed by atoms with Crippen LogP contribution in [0, 0.1) is 12.8 Å². The summed E-state index contributed by atoms with van der Waals surface area (Å²) in [6.45, 7) is 4.00. The molecule has 2 aromatic rings. The van der Waals surface area contributed by atoms with Crippen molar-refractivity contribution in [2.45, 2.75) is 32.6 Å². The number of para-hydroxylation sites is 1. The van der Waals surface area contributed by atoms with Crippen LogP contribution in [-0.4, -0.2) is 50.1 Å². The third-order valence-electron chi connectivity index (χ3n) is 6.35. The zero-order valence-electron chi connectivity index (χ0n) is 18.3. The van der Waals surface area contributed by atoms with Crippen LogP contribution < -0.4 is 14.4 Å². The van der Waals surface area contributed by atoms with Gasteiger partial charge in [-0.05, 0) is 61.9 Å². The van der Waals surface area contributed by atoms with Crippen LogP contribution in [0.15, 0.2) is 42.5 Å². The smallest absolute Gasteiger partial charge is 0.260 e. The summed E-state index contributed by atoms with van der Waals surface area (Å²) in [6, 6.07) is 13.4. The molecule has 0 N–H and O–H groups in total. The third kappa shape index (κ3) is 4.53. The molecule has 2 aromatic carbocycles. The quantitative estimate of drug-likeness (QED) is 0.739. The number of rotatable bonds is 5. The number of benzene rings is 2. The molecule has 4 rings (SSSR count). The van der Waals surface area contributed by atoms with Crippen molar-refractivity contribution in [1.29, 1.82) is 0 Å². The molecule has 1 fully saturated rings. The molecule has 0 saturated carbocycles. The first-order valence-electron chi connectivity index (χ1n) is 11.0. The van der Waals surface area contributed by atoms with Crippen molar-refractivity contribution in [3.05, 3.63) is 53.6 Å². The van der Waals surface area contributed by atoms with Crippen molar-refractivity contribution >= 4 is 17.5 Å². The largest absolute Gasteiger partial charge is 0.495 e. The number of piperidine rings is 1. The highest BCUT2D eigenvalue weighted by molar-refractivity contribution is 5.98. The predicted octanol–water partition coefficient (Wildman–Crippen LogP) is 3.60. The Balaban J connectivity index is 1.37. The summed E-state index contributed by atoms with van der Waals surface area (Å²) in [5.41, 5.74) is 3.35. The maximum Gasteiger partial charge on any atom is 0.260 e. The van der Waals surface area contributed by atoms with Gasteiger partial charge in [0.1, 0.15) is 11.5 Å². The molecule has 2 aliphatic rings. The first-order valence-corrected chi connectivity index (χ1v) is 11.0. The summed E-state index contributed by atoms with van der Waals surface area (Å²) in [7, 11) is 1.66. The molecule has 2 amide bonds. The van der Waals surface area contributed by atoms with Gasteiger partial charge in [-0.2, -0.15) is 0 Å². The molecular formula is C25H30N2O4. The number of aryl methyl sites for hydroxylation is 1. The normalized spacial score (nSPS) is 16.6. The van der Waals surface area contributed by atoms with E-state index in [0.717, 1.165) is 30.8 Å². The minimum absolute atomic E-state index is 0.0264. The number of hydrogen-bond donors (Lipinski definition) is 0. The summed E-state index contributed by atoms with van der Waals surface area (Å²) in [5.74, 6) is 1.50. The van der Waals surface area contributed by atoms with E-state index >= 15 is 0 Å². The average molecular weight is 423 g/mol. The summed E-state index contributed by atoms with van der Waals surface area (Å²) in [4.78, 5) is 29.7. The number of anilines is 1. The lowest BCUT2D eigenvalue weighted by molar-refractivity contribution is -0.136. The van der Waals surface area contributed by atoms with E-state index in [1.807, 2.05) is 46.2 Å². The number of hydrogen-bond acceptors (Lipinski definition) is 4. The maximum absolute atomic E-state index is 13.4. The Labute approximate surface area is 183 Å². The molecule has 0 unspecified atom stereocenters. The predicted molar refractivity (Wildman–Crippen MR) is 120 cm³/mol. The van der Waals surface area contributed by atoms with Crippen molar-refractivity contribution in [2.24, 2.45) is 5.92 Å². The third-order valence-corrected chi connectivity index (χ3v) is 6.35. The number of carbonyl (C=O) groups excluding carboxylic acids is 2. The van der Waals surface area contributed by atoms with Crippen LogP contribution in [0.1, 0.15) is 30.4 Å². The number of likely N-dealkylation sites (tertiary alicyclic amines) is 1. The lowest BCUT2D eigenvalue weighted by Crippen LogP contribution is -2.46. The van der Waals surface area contributed by atoms with Gasteiger partial charge < -0.3 is 19.3 Å². The topological polar surface area (TPSA) is 59.1 Å². The fourth-order valence-corrected chi connectivity index (χ4v) is 4.59. The van der Waals surface area contributed by atoms with Crippen molar-refractivity contribution in [3.8, 4) is 11.5 Å². The molecular weight excluding hydrogens is 392 g/mol. The van der Waals surface area contributed by atoms with Crippen molar-refractivity contribution in [1.82, 2.24) is 4.90 Å². The summed E-state index contributed by atoms with van der Waals surface area (Å²) in [6.07, 6.45) is 3.28. The summed E-state index contributed by atoms with van der Waals surface area (Å²) in [5, 5.41) is 0. The van der Waals surface area contributed by atoms with E-state index < -0.39 is 0 Å². The SMILES string of the molecule is COc1ccc(C)c2c1N(C(=O)C1CCN(C(=O)COc3ccccc3)CC1)CCC2. The van der Waals surface area contributed by atoms with Crippen molar-refractivity contribution in [2.75, 3.05) is 38.3 Å². The molecule has 0 bridgehead atoms. The van der Waals surface area contributed by atoms with Gasteiger partial charge in [-0.25, -0.2) is 0 Å². The Morgan fingerprint density at radius 1 is 1.03 bits per heavy atom. The second-order valence-electron chi connectivity index (χ2n) is 8.26. The lowest BCUT2D eigenvalue weighted by Gasteiger charge is -2.37. The van der Waals surface area contributed by atoms with Crippen LogP contribution >= 0.6 is 0 Å². The molecule has 0 spiro atoms.